The molecule has 4 aromatic rings. The fourth-order valence-corrected chi connectivity index (χ4v) is 4.54. The normalized spacial score (nSPS) is 13.8. The van der Waals surface area contributed by atoms with Crippen molar-refractivity contribution in [1.82, 2.24) is 14.0 Å². The van der Waals surface area contributed by atoms with E-state index in [9.17, 15) is 23.2 Å². The van der Waals surface area contributed by atoms with Gasteiger partial charge in [0.1, 0.15) is 18.2 Å². The van der Waals surface area contributed by atoms with Gasteiger partial charge < -0.3 is 9.80 Å². The van der Waals surface area contributed by atoms with Crippen LogP contribution in [-0.2, 0) is 17.9 Å². The average molecular weight is 491 g/mol. The molecule has 1 saturated heterocycles. The van der Waals surface area contributed by atoms with Crippen molar-refractivity contribution in [2.24, 2.45) is 0 Å². The summed E-state index contributed by atoms with van der Waals surface area (Å²) in [6, 6.07) is 18.5. The summed E-state index contributed by atoms with van der Waals surface area (Å²) in [6.45, 7) is 1.83. The van der Waals surface area contributed by atoms with Crippen LogP contribution < -0.4 is 16.1 Å². The number of benzene rings is 3. The van der Waals surface area contributed by atoms with Gasteiger partial charge in [-0.2, -0.15) is 0 Å². The minimum absolute atomic E-state index is 0.0344. The topological polar surface area (TPSA) is 67.5 Å². The number of carbonyl (C=O) groups excluding carboxylic acids is 1. The monoisotopic (exact) mass is 490 g/mol. The Balaban J connectivity index is 1.40. The Bertz CT molecular complexity index is 1520. The van der Waals surface area contributed by atoms with Crippen molar-refractivity contribution < 1.29 is 13.6 Å². The van der Waals surface area contributed by atoms with Gasteiger partial charge in [-0.15, -0.1) is 0 Å². The van der Waals surface area contributed by atoms with Crippen molar-refractivity contribution in [1.29, 1.82) is 0 Å². The van der Waals surface area contributed by atoms with Gasteiger partial charge in [0.25, 0.3) is 5.56 Å². The van der Waals surface area contributed by atoms with Crippen LogP contribution in [0.2, 0.25) is 0 Å². The number of anilines is 1. The summed E-state index contributed by atoms with van der Waals surface area (Å²) in [5.74, 6) is -0.939. The number of hydrogen-bond acceptors (Lipinski definition) is 4. The molecule has 0 aliphatic carbocycles. The van der Waals surface area contributed by atoms with E-state index in [1.165, 1.54) is 41.0 Å². The molecule has 9 heteroatoms. The minimum Gasteiger partial charge on any atom is -0.368 e. The molecule has 7 nitrogen and oxygen atoms in total. The van der Waals surface area contributed by atoms with Crippen LogP contribution in [0.15, 0.2) is 82.4 Å². The predicted octanol–water partition coefficient (Wildman–Crippen LogP) is 2.84. The number of fused-ring (bicyclic) bond motifs is 1. The molecule has 0 radical (unpaired) electrons. The Labute approximate surface area is 205 Å². The summed E-state index contributed by atoms with van der Waals surface area (Å²) in [4.78, 5) is 43.5. The van der Waals surface area contributed by atoms with Gasteiger partial charge in [0, 0.05) is 31.9 Å². The molecule has 0 unspecified atom stereocenters. The van der Waals surface area contributed by atoms with Crippen molar-refractivity contribution in [3.05, 3.63) is 111 Å². The molecule has 2 heterocycles. The van der Waals surface area contributed by atoms with Crippen LogP contribution in [0.25, 0.3) is 10.9 Å². The fraction of sp³-hybridized carbons (Fsp3) is 0.222. The minimum atomic E-state index is -0.596. The predicted molar refractivity (Wildman–Crippen MR) is 133 cm³/mol. The number of carbonyl (C=O) groups is 1. The number of para-hydroxylation sites is 1. The molecule has 0 N–H and O–H groups in total. The van der Waals surface area contributed by atoms with Gasteiger partial charge in [-0.05, 0) is 54.1 Å². The smallest absolute Gasteiger partial charge is 0.332 e. The van der Waals surface area contributed by atoms with Crippen LogP contribution in [0.3, 0.4) is 0 Å². The molecular weight excluding hydrogens is 466 g/mol. The van der Waals surface area contributed by atoms with E-state index in [0.29, 0.717) is 42.6 Å². The summed E-state index contributed by atoms with van der Waals surface area (Å²) >= 11 is 0. The molecule has 5 rings (SSSR count). The summed E-state index contributed by atoms with van der Waals surface area (Å²) in [6.07, 6.45) is 0. The van der Waals surface area contributed by atoms with Crippen LogP contribution >= 0.6 is 0 Å². The number of hydrogen-bond donors (Lipinski definition) is 0. The van der Waals surface area contributed by atoms with Gasteiger partial charge in [-0.3, -0.25) is 18.7 Å². The molecule has 0 atom stereocenters. The summed E-state index contributed by atoms with van der Waals surface area (Å²) in [7, 11) is 0. The van der Waals surface area contributed by atoms with Crippen LogP contribution in [0.4, 0.5) is 14.5 Å². The maximum absolute atomic E-state index is 13.4. The van der Waals surface area contributed by atoms with Crippen molar-refractivity contribution in [2.45, 2.75) is 13.1 Å². The molecule has 0 saturated carbocycles. The van der Waals surface area contributed by atoms with Crippen LogP contribution in [-0.4, -0.2) is 46.1 Å². The van der Waals surface area contributed by atoms with Gasteiger partial charge in [-0.1, -0.05) is 24.3 Å². The molecule has 36 heavy (non-hydrogen) atoms. The van der Waals surface area contributed by atoms with E-state index in [-0.39, 0.29) is 24.8 Å². The Hall–Kier alpha value is -4.27. The molecule has 3 aromatic carbocycles. The Morgan fingerprint density at radius 3 is 2.03 bits per heavy atom. The molecule has 1 amide bonds. The lowest BCUT2D eigenvalue weighted by molar-refractivity contribution is -0.132. The van der Waals surface area contributed by atoms with E-state index in [0.717, 1.165) is 10.3 Å². The van der Waals surface area contributed by atoms with E-state index in [1.54, 1.807) is 41.3 Å². The van der Waals surface area contributed by atoms with E-state index < -0.39 is 17.1 Å². The third kappa shape index (κ3) is 4.64. The first-order chi connectivity index (χ1) is 17.4. The van der Waals surface area contributed by atoms with E-state index in [2.05, 4.69) is 4.90 Å². The van der Waals surface area contributed by atoms with Crippen LogP contribution in [0.5, 0.6) is 0 Å². The molecular formula is C27H24F2N4O3. The number of nitrogens with zero attached hydrogens (tertiary/aromatic N) is 4. The standard InChI is InChI=1S/C27H24F2N4O3/c28-20-7-5-19(6-8-20)17-33-26(35)23-3-1-2-4-24(23)32(27(33)36)18-25(34)31-15-13-30(14-16-31)22-11-9-21(29)10-12-22/h1-12H,13-18H2. The number of aromatic nitrogens is 2. The summed E-state index contributed by atoms with van der Waals surface area (Å²) < 4.78 is 29.0. The largest absolute Gasteiger partial charge is 0.368 e. The molecule has 1 aliphatic rings. The van der Waals surface area contributed by atoms with Crippen molar-refractivity contribution >= 4 is 22.5 Å². The zero-order chi connectivity index (χ0) is 25.2. The second-order valence-corrected chi connectivity index (χ2v) is 8.75. The number of halogens is 2. The van der Waals surface area contributed by atoms with E-state index in [4.69, 9.17) is 0 Å². The van der Waals surface area contributed by atoms with Crippen LogP contribution in [0, 0.1) is 11.6 Å². The van der Waals surface area contributed by atoms with Crippen LogP contribution in [0.1, 0.15) is 5.56 Å². The number of amides is 1. The summed E-state index contributed by atoms with van der Waals surface area (Å²) in [5, 5.41) is 0.327. The maximum Gasteiger partial charge on any atom is 0.332 e. The summed E-state index contributed by atoms with van der Waals surface area (Å²) in [5.41, 5.74) is 0.818. The van der Waals surface area contributed by atoms with Gasteiger partial charge in [0.15, 0.2) is 0 Å². The highest BCUT2D eigenvalue weighted by Gasteiger charge is 2.23. The first-order valence-electron chi connectivity index (χ1n) is 11.7. The van der Waals surface area contributed by atoms with E-state index in [1.807, 2.05) is 0 Å². The SMILES string of the molecule is O=C(Cn1c(=O)n(Cc2ccc(F)cc2)c(=O)c2ccccc21)N1CCN(c2ccc(F)cc2)CC1. The molecule has 0 spiro atoms. The lowest BCUT2D eigenvalue weighted by Crippen LogP contribution is -2.51. The second kappa shape index (κ2) is 9.77. The zero-order valence-electron chi connectivity index (χ0n) is 19.4. The van der Waals surface area contributed by atoms with Gasteiger partial charge in [0.2, 0.25) is 5.91 Å². The third-order valence-electron chi connectivity index (χ3n) is 6.50. The average Bonchev–Trinajstić information content (AvgIpc) is 2.90. The van der Waals surface area contributed by atoms with Crippen molar-refractivity contribution in [2.75, 3.05) is 31.1 Å². The van der Waals surface area contributed by atoms with Crippen molar-refractivity contribution in [3.63, 3.8) is 0 Å². The number of piperazine rings is 1. The molecule has 1 aromatic heterocycles. The highest BCUT2D eigenvalue weighted by molar-refractivity contribution is 5.82. The first-order valence-corrected chi connectivity index (χ1v) is 11.7. The van der Waals surface area contributed by atoms with E-state index >= 15 is 0 Å². The zero-order valence-corrected chi connectivity index (χ0v) is 19.4. The lowest BCUT2D eigenvalue weighted by atomic mass is 10.2. The highest BCUT2D eigenvalue weighted by atomic mass is 19.1. The molecule has 1 fully saturated rings. The van der Waals surface area contributed by atoms with Crippen molar-refractivity contribution in [3.8, 4) is 0 Å². The quantitative estimate of drug-likeness (QED) is 0.432. The second-order valence-electron chi connectivity index (χ2n) is 8.75. The Morgan fingerprint density at radius 2 is 1.36 bits per heavy atom. The molecule has 184 valence electrons. The Morgan fingerprint density at radius 1 is 0.750 bits per heavy atom. The Kier molecular flexibility index (Phi) is 6.37. The highest BCUT2D eigenvalue weighted by Crippen LogP contribution is 2.17. The molecule has 1 aliphatic heterocycles. The van der Waals surface area contributed by atoms with Gasteiger partial charge >= 0.3 is 5.69 Å². The van der Waals surface area contributed by atoms with Gasteiger partial charge in [0.05, 0.1) is 17.4 Å². The first kappa shape index (κ1) is 23.5. The van der Waals surface area contributed by atoms with Gasteiger partial charge in [-0.25, -0.2) is 13.6 Å². The number of rotatable bonds is 5. The maximum atomic E-state index is 13.4. The third-order valence-corrected chi connectivity index (χ3v) is 6.50. The fourth-order valence-electron chi connectivity index (χ4n) is 4.54. The lowest BCUT2D eigenvalue weighted by Gasteiger charge is -2.36. The molecule has 0 bridgehead atoms.